The molecule has 0 aromatic heterocycles. The molecule has 0 N–H and O–H groups in total. The van der Waals surface area contributed by atoms with E-state index in [1.165, 1.54) is 88.0 Å². The standard InChI is InChI=1S/C48H32/c1-3-10-33(11-4-1)34-18-20-35(21-19-34)37-16-9-17-38(28-37)41-24-26-45-42(29-41)22-23-43-30-44(25-27-46(43)45)48-32-40-15-8-7-14-39(40)31-47(48)36-12-5-2-6-13-36/h1-32H. The van der Waals surface area contributed by atoms with E-state index >= 15 is 0 Å². The van der Waals surface area contributed by atoms with Crippen molar-refractivity contribution in [3.8, 4) is 55.6 Å². The maximum absolute atomic E-state index is 2.35. The monoisotopic (exact) mass is 608 g/mol. The molecule has 0 amide bonds. The Balaban J connectivity index is 1.07. The summed E-state index contributed by atoms with van der Waals surface area (Å²) in [5.41, 5.74) is 12.4. The zero-order chi connectivity index (χ0) is 31.9. The highest BCUT2D eigenvalue weighted by molar-refractivity contribution is 6.10. The van der Waals surface area contributed by atoms with E-state index in [1.54, 1.807) is 0 Å². The third-order valence-electron chi connectivity index (χ3n) is 9.64. The molecule has 0 bridgehead atoms. The molecule has 0 aliphatic rings. The molecule has 0 spiro atoms. The maximum atomic E-state index is 2.35. The quantitative estimate of drug-likeness (QED) is 0.171. The summed E-state index contributed by atoms with van der Waals surface area (Å²) in [6, 6.07) is 70.7. The molecule has 0 atom stereocenters. The third-order valence-corrected chi connectivity index (χ3v) is 9.64. The molecule has 9 rings (SSSR count). The van der Waals surface area contributed by atoms with Crippen molar-refractivity contribution in [1.82, 2.24) is 0 Å². The lowest BCUT2D eigenvalue weighted by molar-refractivity contribution is 1.58. The van der Waals surface area contributed by atoms with E-state index in [2.05, 4.69) is 194 Å². The highest BCUT2D eigenvalue weighted by Gasteiger charge is 2.12. The third kappa shape index (κ3) is 5.14. The predicted molar refractivity (Wildman–Crippen MR) is 206 cm³/mol. The van der Waals surface area contributed by atoms with E-state index in [-0.39, 0.29) is 0 Å². The van der Waals surface area contributed by atoms with E-state index < -0.39 is 0 Å². The first-order chi connectivity index (χ1) is 23.8. The topological polar surface area (TPSA) is 0 Å². The molecule has 0 unspecified atom stereocenters. The molecule has 0 heterocycles. The van der Waals surface area contributed by atoms with Crippen LogP contribution in [0.15, 0.2) is 194 Å². The molecule has 9 aromatic rings. The zero-order valence-electron chi connectivity index (χ0n) is 26.5. The first-order valence-electron chi connectivity index (χ1n) is 16.6. The summed E-state index contributed by atoms with van der Waals surface area (Å²) >= 11 is 0. The summed E-state index contributed by atoms with van der Waals surface area (Å²) in [6.07, 6.45) is 0. The van der Waals surface area contributed by atoms with Crippen LogP contribution in [0.5, 0.6) is 0 Å². The molecule has 48 heavy (non-hydrogen) atoms. The van der Waals surface area contributed by atoms with Gasteiger partial charge in [-0.25, -0.2) is 0 Å². The lowest BCUT2D eigenvalue weighted by Crippen LogP contribution is -1.88. The highest BCUT2D eigenvalue weighted by atomic mass is 14.2. The number of fused-ring (bicyclic) bond motifs is 4. The van der Waals surface area contributed by atoms with Gasteiger partial charge in [0.1, 0.15) is 0 Å². The molecule has 0 aliphatic heterocycles. The normalized spacial score (nSPS) is 11.3. The fourth-order valence-corrected chi connectivity index (χ4v) is 7.12. The van der Waals surface area contributed by atoms with E-state index in [1.807, 2.05) is 0 Å². The average molecular weight is 609 g/mol. The van der Waals surface area contributed by atoms with Crippen LogP contribution < -0.4 is 0 Å². The van der Waals surface area contributed by atoms with E-state index in [4.69, 9.17) is 0 Å². The van der Waals surface area contributed by atoms with Gasteiger partial charge in [-0.05, 0) is 118 Å². The summed E-state index contributed by atoms with van der Waals surface area (Å²) in [4.78, 5) is 0. The average Bonchev–Trinajstić information content (AvgIpc) is 3.17. The van der Waals surface area contributed by atoms with Crippen molar-refractivity contribution in [2.45, 2.75) is 0 Å². The number of rotatable bonds is 5. The van der Waals surface area contributed by atoms with Crippen LogP contribution in [-0.4, -0.2) is 0 Å². The molecular weight excluding hydrogens is 577 g/mol. The van der Waals surface area contributed by atoms with Crippen molar-refractivity contribution in [2.24, 2.45) is 0 Å². The second-order valence-electron chi connectivity index (χ2n) is 12.6. The van der Waals surface area contributed by atoms with Gasteiger partial charge < -0.3 is 0 Å². The fourth-order valence-electron chi connectivity index (χ4n) is 7.12. The summed E-state index contributed by atoms with van der Waals surface area (Å²) in [7, 11) is 0. The minimum Gasteiger partial charge on any atom is -0.0622 e. The SMILES string of the molecule is c1ccc(-c2ccc(-c3cccc(-c4ccc5c(ccc6cc(-c7cc8ccccc8cc7-c7ccccc7)ccc65)c4)c3)cc2)cc1. The Hall–Kier alpha value is -6.24. The number of benzene rings is 9. The number of hydrogen-bond donors (Lipinski definition) is 0. The molecule has 0 saturated heterocycles. The summed E-state index contributed by atoms with van der Waals surface area (Å²) in [5, 5.41) is 7.57. The van der Waals surface area contributed by atoms with Crippen molar-refractivity contribution in [3.05, 3.63) is 194 Å². The van der Waals surface area contributed by atoms with Gasteiger partial charge >= 0.3 is 0 Å². The molecule has 0 nitrogen and oxygen atoms in total. The van der Waals surface area contributed by atoms with Crippen molar-refractivity contribution in [3.63, 3.8) is 0 Å². The Morgan fingerprint density at radius 2 is 0.583 bits per heavy atom. The van der Waals surface area contributed by atoms with Gasteiger partial charge in [-0.15, -0.1) is 0 Å². The van der Waals surface area contributed by atoms with Gasteiger partial charge in [0.25, 0.3) is 0 Å². The molecule has 9 aromatic carbocycles. The van der Waals surface area contributed by atoms with E-state index in [9.17, 15) is 0 Å². The lowest BCUT2D eigenvalue weighted by Gasteiger charge is -2.14. The summed E-state index contributed by atoms with van der Waals surface area (Å²) < 4.78 is 0. The first-order valence-corrected chi connectivity index (χ1v) is 16.6. The molecule has 0 aliphatic carbocycles. The second kappa shape index (κ2) is 11.8. The largest absolute Gasteiger partial charge is 0.0622 e. The molecule has 0 saturated carbocycles. The van der Waals surface area contributed by atoms with Crippen LogP contribution >= 0.6 is 0 Å². The highest BCUT2D eigenvalue weighted by Crippen LogP contribution is 2.39. The second-order valence-corrected chi connectivity index (χ2v) is 12.6. The Bertz CT molecular complexity index is 2580. The van der Waals surface area contributed by atoms with Crippen molar-refractivity contribution in [1.29, 1.82) is 0 Å². The maximum Gasteiger partial charge on any atom is -0.00988 e. The Morgan fingerprint density at radius 1 is 0.188 bits per heavy atom. The van der Waals surface area contributed by atoms with Crippen LogP contribution in [0.4, 0.5) is 0 Å². The van der Waals surface area contributed by atoms with Gasteiger partial charge in [0.2, 0.25) is 0 Å². The first kappa shape index (κ1) is 28.0. The van der Waals surface area contributed by atoms with Crippen LogP contribution in [0.1, 0.15) is 0 Å². The van der Waals surface area contributed by atoms with Crippen LogP contribution in [0.2, 0.25) is 0 Å². The number of hydrogen-bond acceptors (Lipinski definition) is 0. The molecule has 224 valence electrons. The predicted octanol–water partition coefficient (Wildman–Crippen LogP) is 13.5. The lowest BCUT2D eigenvalue weighted by atomic mass is 9.89. The summed E-state index contributed by atoms with van der Waals surface area (Å²) in [5.74, 6) is 0. The van der Waals surface area contributed by atoms with Crippen molar-refractivity contribution < 1.29 is 0 Å². The smallest absolute Gasteiger partial charge is 0.00988 e. The van der Waals surface area contributed by atoms with Gasteiger partial charge in [0.05, 0.1) is 0 Å². The zero-order valence-corrected chi connectivity index (χ0v) is 26.5. The van der Waals surface area contributed by atoms with Crippen LogP contribution in [0.25, 0.3) is 88.0 Å². The Kier molecular flexibility index (Phi) is 6.91. The van der Waals surface area contributed by atoms with Gasteiger partial charge in [0.15, 0.2) is 0 Å². The van der Waals surface area contributed by atoms with E-state index in [0.717, 1.165) is 0 Å². The van der Waals surface area contributed by atoms with Gasteiger partial charge in [-0.2, -0.15) is 0 Å². The summed E-state index contributed by atoms with van der Waals surface area (Å²) in [6.45, 7) is 0. The Labute approximate surface area is 281 Å². The van der Waals surface area contributed by atoms with Crippen LogP contribution in [0.3, 0.4) is 0 Å². The van der Waals surface area contributed by atoms with Crippen molar-refractivity contribution >= 4 is 32.3 Å². The molecular formula is C48H32. The van der Waals surface area contributed by atoms with E-state index in [0.29, 0.717) is 0 Å². The molecule has 0 heteroatoms. The van der Waals surface area contributed by atoms with Gasteiger partial charge in [0, 0.05) is 0 Å². The van der Waals surface area contributed by atoms with Gasteiger partial charge in [-0.3, -0.25) is 0 Å². The van der Waals surface area contributed by atoms with Gasteiger partial charge in [-0.1, -0.05) is 164 Å². The van der Waals surface area contributed by atoms with Crippen molar-refractivity contribution in [2.75, 3.05) is 0 Å². The Morgan fingerprint density at radius 3 is 1.21 bits per heavy atom. The molecule has 0 radical (unpaired) electrons. The van der Waals surface area contributed by atoms with Crippen LogP contribution in [-0.2, 0) is 0 Å². The van der Waals surface area contributed by atoms with Crippen LogP contribution in [0, 0.1) is 0 Å². The molecule has 0 fully saturated rings. The fraction of sp³-hybridized carbons (Fsp3) is 0. The minimum absolute atomic E-state index is 1.22. The minimum atomic E-state index is 1.22.